The predicted molar refractivity (Wildman–Crippen MR) is 80.2 cm³/mol. The van der Waals surface area contributed by atoms with Crippen molar-refractivity contribution < 1.29 is 14.3 Å². The summed E-state index contributed by atoms with van der Waals surface area (Å²) in [6, 6.07) is 7.29. The second-order valence-corrected chi connectivity index (χ2v) is 5.33. The number of hydrogen-bond donors (Lipinski definition) is 1. The maximum absolute atomic E-state index is 12.0. The van der Waals surface area contributed by atoms with Gasteiger partial charge in [0.2, 0.25) is 5.91 Å². The summed E-state index contributed by atoms with van der Waals surface area (Å²) in [5, 5.41) is 2.90. The summed E-state index contributed by atoms with van der Waals surface area (Å²) in [4.78, 5) is 25.1. The summed E-state index contributed by atoms with van der Waals surface area (Å²) >= 11 is 0. The zero-order valence-electron chi connectivity index (χ0n) is 11.7. The van der Waals surface area contributed by atoms with E-state index in [1.807, 2.05) is 18.2 Å². The Balaban J connectivity index is 1.64. The van der Waals surface area contributed by atoms with Gasteiger partial charge >= 0.3 is 6.09 Å². The number of nitrogens with one attached hydrogen (secondary N) is 1. The van der Waals surface area contributed by atoms with E-state index in [1.54, 1.807) is 11.0 Å². The Bertz CT molecular complexity index is 583. The van der Waals surface area contributed by atoms with Crippen LogP contribution in [0.5, 0.6) is 0 Å². The van der Waals surface area contributed by atoms with Gasteiger partial charge in [-0.2, -0.15) is 0 Å². The van der Waals surface area contributed by atoms with Crippen LogP contribution in [-0.4, -0.2) is 25.2 Å². The highest BCUT2D eigenvalue weighted by molar-refractivity contribution is 5.93. The first-order chi connectivity index (χ1) is 10.2. The van der Waals surface area contributed by atoms with Crippen molar-refractivity contribution in [1.29, 1.82) is 0 Å². The van der Waals surface area contributed by atoms with E-state index in [1.165, 1.54) is 0 Å². The number of benzene rings is 1. The number of cyclic esters (lactones) is 1. The Morgan fingerprint density at radius 1 is 1.43 bits per heavy atom. The molecule has 2 aliphatic rings. The number of nitrogens with zero attached hydrogens (tertiary/aromatic N) is 1. The Labute approximate surface area is 123 Å². The van der Waals surface area contributed by atoms with Gasteiger partial charge in [-0.3, -0.25) is 9.69 Å². The fourth-order valence-corrected chi connectivity index (χ4v) is 2.69. The van der Waals surface area contributed by atoms with E-state index in [2.05, 4.69) is 17.5 Å². The number of carbonyl (C=O) groups excluding carboxylic acids is 2. The molecule has 1 atom stereocenters. The highest BCUT2D eigenvalue weighted by atomic mass is 16.6. The number of ether oxygens (including phenoxy) is 1. The molecule has 0 saturated carbocycles. The van der Waals surface area contributed by atoms with E-state index >= 15 is 0 Å². The second kappa shape index (κ2) is 5.99. The van der Waals surface area contributed by atoms with Crippen molar-refractivity contribution in [3.63, 3.8) is 0 Å². The van der Waals surface area contributed by atoms with Crippen LogP contribution < -0.4 is 10.2 Å². The molecule has 0 aromatic heterocycles. The van der Waals surface area contributed by atoms with Crippen LogP contribution >= 0.6 is 0 Å². The molecular weight excluding hydrogens is 268 g/mol. The van der Waals surface area contributed by atoms with E-state index in [9.17, 15) is 9.59 Å². The molecule has 110 valence electrons. The summed E-state index contributed by atoms with van der Waals surface area (Å²) < 4.78 is 4.92. The highest BCUT2D eigenvalue weighted by Crippen LogP contribution is 2.24. The first kappa shape index (κ1) is 13.7. The molecule has 0 spiro atoms. The van der Waals surface area contributed by atoms with Crippen molar-refractivity contribution in [1.82, 2.24) is 0 Å². The highest BCUT2D eigenvalue weighted by Gasteiger charge is 2.23. The van der Waals surface area contributed by atoms with Gasteiger partial charge < -0.3 is 10.1 Å². The summed E-state index contributed by atoms with van der Waals surface area (Å²) in [6.45, 7) is 0.951. The number of allylic oxidation sites excluding steroid dienone is 2. The zero-order chi connectivity index (χ0) is 14.7. The quantitative estimate of drug-likeness (QED) is 0.866. The molecular formula is C16H18N2O3. The van der Waals surface area contributed by atoms with Crippen molar-refractivity contribution >= 4 is 23.4 Å². The molecule has 1 saturated heterocycles. The molecule has 1 aliphatic heterocycles. The van der Waals surface area contributed by atoms with Gasteiger partial charge in [0.15, 0.2) is 0 Å². The number of carbonyl (C=O) groups is 2. The SMILES string of the molecule is O=C(C[C@H]1C=CCC1)Nc1cccc(N2CCOC2=O)c1. The van der Waals surface area contributed by atoms with Crippen molar-refractivity contribution in [2.75, 3.05) is 23.4 Å². The molecule has 1 fully saturated rings. The number of anilines is 2. The smallest absolute Gasteiger partial charge is 0.414 e. The fraction of sp³-hybridized carbons (Fsp3) is 0.375. The van der Waals surface area contributed by atoms with Gasteiger partial charge in [-0.15, -0.1) is 0 Å². The van der Waals surface area contributed by atoms with E-state index in [-0.39, 0.29) is 12.0 Å². The number of amides is 2. The standard InChI is InChI=1S/C16H18N2O3/c19-15(10-12-4-1-2-5-12)17-13-6-3-7-14(11-13)18-8-9-21-16(18)20/h1,3-4,6-7,11-12H,2,5,8-10H2,(H,17,19)/t12-/m0/s1. The Kier molecular flexibility index (Phi) is 3.90. The molecule has 1 aromatic rings. The third kappa shape index (κ3) is 3.24. The van der Waals surface area contributed by atoms with Crippen LogP contribution in [0.4, 0.5) is 16.2 Å². The van der Waals surface area contributed by atoms with Gasteiger partial charge in [-0.05, 0) is 37.0 Å². The lowest BCUT2D eigenvalue weighted by Gasteiger charge is -2.14. The maximum atomic E-state index is 12.0. The van der Waals surface area contributed by atoms with E-state index in [0.29, 0.717) is 31.2 Å². The summed E-state index contributed by atoms with van der Waals surface area (Å²) in [5.41, 5.74) is 1.45. The third-order valence-corrected chi connectivity index (χ3v) is 3.76. The minimum atomic E-state index is -0.338. The molecule has 1 aromatic carbocycles. The van der Waals surface area contributed by atoms with Gasteiger partial charge in [0.25, 0.3) is 0 Å². The number of hydrogen-bond acceptors (Lipinski definition) is 3. The zero-order valence-corrected chi connectivity index (χ0v) is 11.7. The van der Waals surface area contributed by atoms with Crippen LogP contribution in [0.3, 0.4) is 0 Å². The van der Waals surface area contributed by atoms with Gasteiger partial charge in [0.1, 0.15) is 6.61 Å². The molecule has 1 heterocycles. The lowest BCUT2D eigenvalue weighted by molar-refractivity contribution is -0.116. The predicted octanol–water partition coefficient (Wildman–Crippen LogP) is 2.94. The summed E-state index contributed by atoms with van der Waals surface area (Å²) in [5.74, 6) is 0.356. The first-order valence-electron chi connectivity index (χ1n) is 7.23. The Hall–Kier alpha value is -2.30. The Morgan fingerprint density at radius 2 is 2.33 bits per heavy atom. The van der Waals surface area contributed by atoms with Crippen LogP contribution in [-0.2, 0) is 9.53 Å². The number of rotatable bonds is 4. The lowest BCUT2D eigenvalue weighted by atomic mass is 10.1. The van der Waals surface area contributed by atoms with Crippen molar-refractivity contribution in [2.24, 2.45) is 5.92 Å². The molecule has 0 bridgehead atoms. The van der Waals surface area contributed by atoms with Crippen LogP contribution in [0.25, 0.3) is 0 Å². The average molecular weight is 286 g/mol. The molecule has 0 radical (unpaired) electrons. The maximum Gasteiger partial charge on any atom is 0.414 e. The molecule has 2 amide bonds. The topological polar surface area (TPSA) is 58.6 Å². The van der Waals surface area contributed by atoms with Gasteiger partial charge in [0, 0.05) is 17.8 Å². The molecule has 3 rings (SSSR count). The van der Waals surface area contributed by atoms with E-state index in [4.69, 9.17) is 4.74 Å². The minimum absolute atomic E-state index is 0.00713. The normalized spacial score (nSPS) is 20.7. The van der Waals surface area contributed by atoms with Crippen molar-refractivity contribution in [3.05, 3.63) is 36.4 Å². The van der Waals surface area contributed by atoms with E-state index in [0.717, 1.165) is 18.5 Å². The van der Waals surface area contributed by atoms with Crippen molar-refractivity contribution in [2.45, 2.75) is 19.3 Å². The molecule has 5 nitrogen and oxygen atoms in total. The molecule has 5 heteroatoms. The van der Waals surface area contributed by atoms with Gasteiger partial charge in [-0.1, -0.05) is 18.2 Å². The molecule has 21 heavy (non-hydrogen) atoms. The van der Waals surface area contributed by atoms with Crippen LogP contribution in [0.1, 0.15) is 19.3 Å². The fourth-order valence-electron chi connectivity index (χ4n) is 2.69. The largest absolute Gasteiger partial charge is 0.447 e. The van der Waals surface area contributed by atoms with Crippen molar-refractivity contribution in [3.8, 4) is 0 Å². The summed E-state index contributed by atoms with van der Waals surface area (Å²) in [6.07, 6.45) is 6.51. The third-order valence-electron chi connectivity index (χ3n) is 3.76. The lowest BCUT2D eigenvalue weighted by Crippen LogP contribution is -2.23. The van der Waals surface area contributed by atoms with Gasteiger partial charge in [0.05, 0.1) is 6.54 Å². The molecule has 0 unspecified atom stereocenters. The minimum Gasteiger partial charge on any atom is -0.447 e. The van der Waals surface area contributed by atoms with Gasteiger partial charge in [-0.25, -0.2) is 4.79 Å². The van der Waals surface area contributed by atoms with Crippen LogP contribution in [0, 0.1) is 5.92 Å². The van der Waals surface area contributed by atoms with Crippen LogP contribution in [0.15, 0.2) is 36.4 Å². The second-order valence-electron chi connectivity index (χ2n) is 5.33. The Morgan fingerprint density at radius 3 is 3.05 bits per heavy atom. The molecule has 1 N–H and O–H groups in total. The molecule has 1 aliphatic carbocycles. The first-order valence-corrected chi connectivity index (χ1v) is 7.23. The monoisotopic (exact) mass is 286 g/mol. The van der Waals surface area contributed by atoms with Crippen LogP contribution in [0.2, 0.25) is 0 Å². The van der Waals surface area contributed by atoms with E-state index < -0.39 is 0 Å². The average Bonchev–Trinajstić information content (AvgIpc) is 3.10. The summed E-state index contributed by atoms with van der Waals surface area (Å²) in [7, 11) is 0.